The number of carbonyl (C=O) groups is 1. The lowest BCUT2D eigenvalue weighted by Crippen LogP contribution is -2.47. The summed E-state index contributed by atoms with van der Waals surface area (Å²) >= 11 is 0. The maximum absolute atomic E-state index is 12.1. The molecule has 1 aliphatic rings. The summed E-state index contributed by atoms with van der Waals surface area (Å²) in [5, 5.41) is 3.26. The third-order valence-electron chi connectivity index (χ3n) is 3.31. The molecule has 1 fully saturated rings. The van der Waals surface area contributed by atoms with E-state index < -0.39 is 0 Å². The second-order valence-corrected chi connectivity index (χ2v) is 4.43. The van der Waals surface area contributed by atoms with Crippen molar-refractivity contribution in [2.75, 3.05) is 26.2 Å². The Balaban J connectivity index is 2.01. The van der Waals surface area contributed by atoms with Crippen molar-refractivity contribution in [3.05, 3.63) is 35.4 Å². The maximum atomic E-state index is 12.1. The van der Waals surface area contributed by atoms with Crippen LogP contribution >= 0.6 is 0 Å². The van der Waals surface area contributed by atoms with Gasteiger partial charge in [-0.05, 0) is 17.5 Å². The van der Waals surface area contributed by atoms with Gasteiger partial charge in [0.1, 0.15) is 0 Å². The topological polar surface area (TPSA) is 32.3 Å². The van der Waals surface area contributed by atoms with Crippen molar-refractivity contribution >= 4 is 5.91 Å². The molecule has 0 saturated carbocycles. The predicted octanol–water partition coefficient (Wildman–Crippen LogP) is 1.22. The lowest BCUT2D eigenvalue weighted by atomic mass is 10.0. The summed E-state index contributed by atoms with van der Waals surface area (Å²) in [6.07, 6.45) is 1.54. The van der Waals surface area contributed by atoms with E-state index in [1.54, 1.807) is 0 Å². The molecule has 1 amide bonds. The number of benzene rings is 1. The number of hydrogen-bond acceptors (Lipinski definition) is 2. The fraction of sp³-hybridized carbons (Fsp3) is 0.500. The van der Waals surface area contributed by atoms with Crippen LogP contribution in [0.4, 0.5) is 0 Å². The Kier molecular flexibility index (Phi) is 4.15. The van der Waals surface area contributed by atoms with Crippen molar-refractivity contribution in [2.24, 2.45) is 0 Å². The summed E-state index contributed by atoms with van der Waals surface area (Å²) in [5.41, 5.74) is 2.47. The van der Waals surface area contributed by atoms with Crippen LogP contribution in [-0.2, 0) is 17.6 Å². The molecule has 0 unspecified atom stereocenters. The van der Waals surface area contributed by atoms with Crippen LogP contribution in [0.5, 0.6) is 0 Å². The van der Waals surface area contributed by atoms with Crippen molar-refractivity contribution in [1.82, 2.24) is 10.2 Å². The van der Waals surface area contributed by atoms with E-state index in [2.05, 4.69) is 24.4 Å². The maximum Gasteiger partial charge on any atom is 0.227 e. The molecule has 1 aromatic rings. The molecular formula is C14H20N2O. The molecule has 0 bridgehead atoms. The first-order valence-corrected chi connectivity index (χ1v) is 6.36. The predicted molar refractivity (Wildman–Crippen MR) is 69.0 cm³/mol. The van der Waals surface area contributed by atoms with E-state index in [4.69, 9.17) is 0 Å². The Morgan fingerprint density at radius 1 is 1.24 bits per heavy atom. The Morgan fingerprint density at radius 2 is 1.88 bits per heavy atom. The van der Waals surface area contributed by atoms with Crippen LogP contribution in [0, 0.1) is 0 Å². The minimum Gasteiger partial charge on any atom is -0.340 e. The molecule has 0 aliphatic carbocycles. The normalized spacial score (nSPS) is 15.9. The second kappa shape index (κ2) is 5.82. The molecule has 1 aliphatic heterocycles. The van der Waals surface area contributed by atoms with Crippen LogP contribution in [0.15, 0.2) is 24.3 Å². The average molecular weight is 232 g/mol. The molecular weight excluding hydrogens is 212 g/mol. The second-order valence-electron chi connectivity index (χ2n) is 4.43. The molecule has 0 spiro atoms. The van der Waals surface area contributed by atoms with Crippen molar-refractivity contribution in [3.8, 4) is 0 Å². The van der Waals surface area contributed by atoms with Crippen molar-refractivity contribution < 1.29 is 4.79 Å². The van der Waals surface area contributed by atoms with Gasteiger partial charge < -0.3 is 10.2 Å². The number of carbonyl (C=O) groups excluding carboxylic acids is 1. The number of rotatable bonds is 3. The van der Waals surface area contributed by atoms with Gasteiger partial charge in [-0.1, -0.05) is 31.2 Å². The highest BCUT2D eigenvalue weighted by Crippen LogP contribution is 2.11. The summed E-state index contributed by atoms with van der Waals surface area (Å²) < 4.78 is 0. The number of amides is 1. The zero-order valence-corrected chi connectivity index (χ0v) is 10.4. The lowest BCUT2D eigenvalue weighted by molar-refractivity contribution is -0.131. The highest BCUT2D eigenvalue weighted by Gasteiger charge is 2.16. The van der Waals surface area contributed by atoms with Crippen LogP contribution in [0.1, 0.15) is 18.1 Å². The van der Waals surface area contributed by atoms with Gasteiger partial charge >= 0.3 is 0 Å². The van der Waals surface area contributed by atoms with Crippen LogP contribution in [0.2, 0.25) is 0 Å². The fourth-order valence-corrected chi connectivity index (χ4v) is 2.26. The van der Waals surface area contributed by atoms with E-state index >= 15 is 0 Å². The highest BCUT2D eigenvalue weighted by atomic mass is 16.2. The van der Waals surface area contributed by atoms with E-state index in [1.807, 2.05) is 17.0 Å². The van der Waals surface area contributed by atoms with Crippen molar-refractivity contribution in [1.29, 1.82) is 0 Å². The van der Waals surface area contributed by atoms with Crippen LogP contribution in [0.3, 0.4) is 0 Å². The number of piperazine rings is 1. The number of aryl methyl sites for hydroxylation is 1. The monoisotopic (exact) mass is 232 g/mol. The minimum absolute atomic E-state index is 0.257. The number of hydrogen-bond donors (Lipinski definition) is 1. The Labute approximate surface area is 103 Å². The van der Waals surface area contributed by atoms with Gasteiger partial charge in [0.2, 0.25) is 5.91 Å². The highest BCUT2D eigenvalue weighted by molar-refractivity contribution is 5.79. The van der Waals surface area contributed by atoms with E-state index in [0.29, 0.717) is 6.42 Å². The fourth-order valence-electron chi connectivity index (χ4n) is 2.26. The zero-order valence-electron chi connectivity index (χ0n) is 10.4. The van der Waals surface area contributed by atoms with Gasteiger partial charge in [-0.2, -0.15) is 0 Å². The molecule has 1 N–H and O–H groups in total. The molecule has 3 heteroatoms. The summed E-state index contributed by atoms with van der Waals surface area (Å²) in [6.45, 7) is 5.65. The molecule has 1 saturated heterocycles. The number of nitrogens with one attached hydrogen (secondary N) is 1. The Morgan fingerprint density at radius 3 is 2.53 bits per heavy atom. The van der Waals surface area contributed by atoms with Crippen molar-refractivity contribution in [3.63, 3.8) is 0 Å². The molecule has 2 rings (SSSR count). The largest absolute Gasteiger partial charge is 0.340 e. The summed E-state index contributed by atoms with van der Waals surface area (Å²) in [4.78, 5) is 14.1. The number of nitrogens with zero attached hydrogens (tertiary/aromatic N) is 1. The molecule has 92 valence electrons. The molecule has 0 atom stereocenters. The minimum atomic E-state index is 0.257. The summed E-state index contributed by atoms with van der Waals surface area (Å²) in [7, 11) is 0. The van der Waals surface area contributed by atoms with Crippen LogP contribution < -0.4 is 5.32 Å². The third-order valence-corrected chi connectivity index (χ3v) is 3.31. The molecule has 1 heterocycles. The van der Waals surface area contributed by atoms with Crippen LogP contribution in [-0.4, -0.2) is 37.0 Å². The van der Waals surface area contributed by atoms with Gasteiger partial charge in [0.15, 0.2) is 0 Å². The Bertz CT molecular complexity index is 384. The van der Waals surface area contributed by atoms with Crippen molar-refractivity contribution in [2.45, 2.75) is 19.8 Å². The first kappa shape index (κ1) is 12.1. The van der Waals surface area contributed by atoms with E-state index in [1.165, 1.54) is 11.1 Å². The lowest BCUT2D eigenvalue weighted by Gasteiger charge is -2.27. The molecule has 3 nitrogen and oxygen atoms in total. The first-order valence-electron chi connectivity index (χ1n) is 6.36. The standard InChI is InChI=1S/C14H20N2O/c1-2-12-5-3-4-6-13(12)11-14(17)16-9-7-15-8-10-16/h3-6,15H,2,7-11H2,1H3. The SMILES string of the molecule is CCc1ccccc1CC(=O)N1CCNCC1. The smallest absolute Gasteiger partial charge is 0.227 e. The van der Waals surface area contributed by atoms with Gasteiger partial charge in [-0.15, -0.1) is 0 Å². The van der Waals surface area contributed by atoms with Gasteiger partial charge in [0.25, 0.3) is 0 Å². The first-order chi connectivity index (χ1) is 8.31. The van der Waals surface area contributed by atoms with E-state index in [0.717, 1.165) is 32.6 Å². The molecule has 17 heavy (non-hydrogen) atoms. The zero-order chi connectivity index (χ0) is 12.1. The van der Waals surface area contributed by atoms with Gasteiger partial charge in [0.05, 0.1) is 6.42 Å². The average Bonchev–Trinajstić information content (AvgIpc) is 2.40. The molecule has 1 aromatic carbocycles. The quantitative estimate of drug-likeness (QED) is 0.850. The summed E-state index contributed by atoms with van der Waals surface area (Å²) in [6, 6.07) is 8.23. The van der Waals surface area contributed by atoms with Gasteiger partial charge in [0, 0.05) is 26.2 Å². The van der Waals surface area contributed by atoms with Gasteiger partial charge in [-0.25, -0.2) is 0 Å². The van der Waals surface area contributed by atoms with Gasteiger partial charge in [-0.3, -0.25) is 4.79 Å². The molecule has 0 aromatic heterocycles. The molecule has 0 radical (unpaired) electrons. The summed E-state index contributed by atoms with van der Waals surface area (Å²) in [5.74, 6) is 0.257. The Hall–Kier alpha value is -1.35. The van der Waals surface area contributed by atoms with E-state index in [9.17, 15) is 4.79 Å². The third kappa shape index (κ3) is 3.07. The van der Waals surface area contributed by atoms with Crippen LogP contribution in [0.25, 0.3) is 0 Å². The van der Waals surface area contributed by atoms with E-state index in [-0.39, 0.29) is 5.91 Å².